The SMILES string of the molecule is CC(c1ccccc1)N1C(=O)OCCC1CC(=O)O. The van der Waals surface area contributed by atoms with Crippen LogP contribution in [0.5, 0.6) is 0 Å². The van der Waals surface area contributed by atoms with Crippen molar-refractivity contribution in [3.63, 3.8) is 0 Å². The van der Waals surface area contributed by atoms with Gasteiger partial charge in [0, 0.05) is 12.5 Å². The monoisotopic (exact) mass is 263 g/mol. The van der Waals surface area contributed by atoms with E-state index in [4.69, 9.17) is 9.84 Å². The van der Waals surface area contributed by atoms with E-state index in [0.29, 0.717) is 6.42 Å². The van der Waals surface area contributed by atoms with E-state index in [1.165, 1.54) is 4.90 Å². The van der Waals surface area contributed by atoms with Gasteiger partial charge in [0.15, 0.2) is 0 Å². The Hall–Kier alpha value is -2.04. The van der Waals surface area contributed by atoms with E-state index in [9.17, 15) is 9.59 Å². The average molecular weight is 263 g/mol. The zero-order valence-electron chi connectivity index (χ0n) is 10.8. The molecule has 5 nitrogen and oxygen atoms in total. The highest BCUT2D eigenvalue weighted by atomic mass is 16.6. The van der Waals surface area contributed by atoms with Crippen LogP contribution in [0.1, 0.15) is 31.4 Å². The quantitative estimate of drug-likeness (QED) is 0.906. The number of hydrogen-bond acceptors (Lipinski definition) is 3. The number of rotatable bonds is 4. The maximum absolute atomic E-state index is 11.9. The summed E-state index contributed by atoms with van der Waals surface area (Å²) < 4.78 is 5.04. The molecule has 0 aromatic heterocycles. The van der Waals surface area contributed by atoms with E-state index in [-0.39, 0.29) is 25.1 Å². The summed E-state index contributed by atoms with van der Waals surface area (Å²) in [6.07, 6.45) is 0.0652. The molecule has 1 heterocycles. The van der Waals surface area contributed by atoms with Crippen molar-refractivity contribution in [2.45, 2.75) is 31.8 Å². The Kier molecular flexibility index (Phi) is 4.04. The van der Waals surface area contributed by atoms with Crippen LogP contribution in [0.3, 0.4) is 0 Å². The van der Waals surface area contributed by atoms with E-state index < -0.39 is 12.1 Å². The molecule has 1 aliphatic rings. The third-order valence-corrected chi connectivity index (χ3v) is 3.39. The molecule has 2 unspecified atom stereocenters. The molecule has 19 heavy (non-hydrogen) atoms. The summed E-state index contributed by atoms with van der Waals surface area (Å²) in [5.41, 5.74) is 0.969. The summed E-state index contributed by atoms with van der Waals surface area (Å²) in [5.74, 6) is -0.898. The average Bonchev–Trinajstić information content (AvgIpc) is 2.38. The highest BCUT2D eigenvalue weighted by Crippen LogP contribution is 2.28. The Morgan fingerprint density at radius 2 is 2.16 bits per heavy atom. The van der Waals surface area contributed by atoms with Gasteiger partial charge >= 0.3 is 12.1 Å². The smallest absolute Gasteiger partial charge is 0.410 e. The predicted octanol–water partition coefficient (Wildman–Crippen LogP) is 2.43. The normalized spacial score (nSPS) is 20.8. The number of ether oxygens (including phenoxy) is 1. The van der Waals surface area contributed by atoms with Crippen molar-refractivity contribution < 1.29 is 19.4 Å². The molecule has 1 aromatic carbocycles. The molecule has 0 aliphatic carbocycles. The lowest BCUT2D eigenvalue weighted by atomic mass is 10.0. The molecule has 1 aromatic rings. The van der Waals surface area contributed by atoms with Gasteiger partial charge in [0.05, 0.1) is 19.1 Å². The van der Waals surface area contributed by atoms with Crippen molar-refractivity contribution in [1.82, 2.24) is 4.90 Å². The summed E-state index contributed by atoms with van der Waals surface area (Å²) in [6, 6.07) is 9.03. The molecule has 0 saturated carbocycles. The van der Waals surface area contributed by atoms with Crippen LogP contribution in [0, 0.1) is 0 Å². The Morgan fingerprint density at radius 1 is 1.47 bits per heavy atom. The molecule has 1 amide bonds. The van der Waals surface area contributed by atoms with Crippen LogP contribution in [-0.2, 0) is 9.53 Å². The molecule has 1 aliphatic heterocycles. The van der Waals surface area contributed by atoms with Crippen LogP contribution in [0.25, 0.3) is 0 Å². The van der Waals surface area contributed by atoms with Crippen LogP contribution < -0.4 is 0 Å². The van der Waals surface area contributed by atoms with Crippen molar-refractivity contribution in [3.05, 3.63) is 35.9 Å². The highest BCUT2D eigenvalue weighted by molar-refractivity contribution is 5.72. The van der Waals surface area contributed by atoms with E-state index in [1.807, 2.05) is 37.3 Å². The summed E-state index contributed by atoms with van der Waals surface area (Å²) >= 11 is 0. The number of carboxylic acids is 1. The standard InChI is InChI=1S/C14H17NO4/c1-10(11-5-3-2-4-6-11)15-12(9-13(16)17)7-8-19-14(15)18/h2-6,10,12H,7-9H2,1H3,(H,16,17). The zero-order chi connectivity index (χ0) is 13.8. The first kappa shape index (κ1) is 13.4. The first-order valence-electron chi connectivity index (χ1n) is 6.31. The Balaban J connectivity index is 2.21. The number of carboxylic acid groups (broad SMARTS) is 1. The molecule has 1 fully saturated rings. The lowest BCUT2D eigenvalue weighted by Crippen LogP contribution is -2.47. The van der Waals surface area contributed by atoms with Gasteiger partial charge in [0.2, 0.25) is 0 Å². The number of nitrogens with zero attached hydrogens (tertiary/aromatic N) is 1. The summed E-state index contributed by atoms with van der Waals surface area (Å²) in [7, 11) is 0. The second kappa shape index (κ2) is 5.73. The second-order valence-electron chi connectivity index (χ2n) is 4.65. The topological polar surface area (TPSA) is 66.8 Å². The highest BCUT2D eigenvalue weighted by Gasteiger charge is 2.35. The van der Waals surface area contributed by atoms with Gasteiger partial charge in [-0.05, 0) is 12.5 Å². The maximum Gasteiger partial charge on any atom is 0.410 e. The van der Waals surface area contributed by atoms with Crippen LogP contribution >= 0.6 is 0 Å². The first-order chi connectivity index (χ1) is 9.09. The third-order valence-electron chi connectivity index (χ3n) is 3.39. The maximum atomic E-state index is 11.9. The van der Waals surface area contributed by atoms with Crippen molar-refractivity contribution >= 4 is 12.1 Å². The third kappa shape index (κ3) is 3.05. The first-order valence-corrected chi connectivity index (χ1v) is 6.31. The number of amides is 1. The van der Waals surface area contributed by atoms with Crippen LogP contribution in [0.15, 0.2) is 30.3 Å². The Morgan fingerprint density at radius 3 is 2.79 bits per heavy atom. The lowest BCUT2D eigenvalue weighted by molar-refractivity contribution is -0.139. The van der Waals surface area contributed by atoms with Gasteiger partial charge in [-0.2, -0.15) is 0 Å². The van der Waals surface area contributed by atoms with Gasteiger partial charge < -0.3 is 9.84 Å². The fraction of sp³-hybridized carbons (Fsp3) is 0.429. The predicted molar refractivity (Wildman–Crippen MR) is 68.7 cm³/mol. The van der Waals surface area contributed by atoms with Gasteiger partial charge in [-0.3, -0.25) is 9.69 Å². The summed E-state index contributed by atoms with van der Waals surface area (Å²) in [6.45, 7) is 2.17. The molecule has 0 radical (unpaired) electrons. The van der Waals surface area contributed by atoms with E-state index in [0.717, 1.165) is 5.56 Å². The minimum absolute atomic E-state index is 0.0493. The van der Waals surface area contributed by atoms with Crippen molar-refractivity contribution in [1.29, 1.82) is 0 Å². The number of carbonyl (C=O) groups is 2. The fourth-order valence-electron chi connectivity index (χ4n) is 2.41. The van der Waals surface area contributed by atoms with Crippen molar-refractivity contribution in [3.8, 4) is 0 Å². The van der Waals surface area contributed by atoms with Gasteiger partial charge in [0.1, 0.15) is 0 Å². The van der Waals surface area contributed by atoms with Crippen molar-refractivity contribution in [2.24, 2.45) is 0 Å². The van der Waals surface area contributed by atoms with E-state index >= 15 is 0 Å². The minimum Gasteiger partial charge on any atom is -0.481 e. The number of aliphatic carboxylic acids is 1. The molecule has 2 atom stereocenters. The molecule has 2 rings (SSSR count). The second-order valence-corrected chi connectivity index (χ2v) is 4.65. The molecule has 0 spiro atoms. The molecule has 102 valence electrons. The number of hydrogen-bond donors (Lipinski definition) is 1. The van der Waals surface area contributed by atoms with Gasteiger partial charge in [-0.15, -0.1) is 0 Å². The van der Waals surface area contributed by atoms with E-state index in [1.54, 1.807) is 0 Å². The number of carbonyl (C=O) groups excluding carboxylic acids is 1. The molecular weight excluding hydrogens is 246 g/mol. The Labute approximate surface area is 111 Å². The van der Waals surface area contributed by atoms with Gasteiger partial charge in [0.25, 0.3) is 0 Å². The number of benzene rings is 1. The molecule has 0 bridgehead atoms. The van der Waals surface area contributed by atoms with Crippen LogP contribution in [0.2, 0.25) is 0 Å². The van der Waals surface area contributed by atoms with Crippen molar-refractivity contribution in [2.75, 3.05) is 6.61 Å². The Bertz CT molecular complexity index is 460. The van der Waals surface area contributed by atoms with E-state index in [2.05, 4.69) is 0 Å². The van der Waals surface area contributed by atoms with Gasteiger partial charge in [-0.25, -0.2) is 4.79 Å². The van der Waals surface area contributed by atoms with Crippen LogP contribution in [-0.4, -0.2) is 34.7 Å². The zero-order valence-corrected chi connectivity index (χ0v) is 10.8. The molecule has 1 saturated heterocycles. The molecule has 1 N–H and O–H groups in total. The number of cyclic esters (lactones) is 1. The lowest BCUT2D eigenvalue weighted by Gasteiger charge is -2.38. The molecule has 5 heteroatoms. The molecular formula is C14H17NO4. The summed E-state index contributed by atoms with van der Waals surface area (Å²) in [4.78, 5) is 24.3. The summed E-state index contributed by atoms with van der Waals surface area (Å²) in [5, 5.41) is 8.94. The van der Waals surface area contributed by atoms with Crippen LogP contribution in [0.4, 0.5) is 4.79 Å². The van der Waals surface area contributed by atoms with Gasteiger partial charge in [-0.1, -0.05) is 30.3 Å². The largest absolute Gasteiger partial charge is 0.481 e. The minimum atomic E-state index is -0.898. The fourth-order valence-corrected chi connectivity index (χ4v) is 2.41.